The molecule has 6 heteroatoms. The lowest BCUT2D eigenvalue weighted by Gasteiger charge is -2.07. The van der Waals surface area contributed by atoms with Gasteiger partial charge >= 0.3 is 0 Å². The van der Waals surface area contributed by atoms with Crippen LogP contribution in [0.2, 0.25) is 0 Å². The van der Waals surface area contributed by atoms with Crippen LogP contribution in [0.4, 0.5) is 0 Å². The third-order valence-electron chi connectivity index (χ3n) is 2.42. The summed E-state index contributed by atoms with van der Waals surface area (Å²) in [6, 6.07) is 5.40. The number of nitrogens with zero attached hydrogens (tertiary/aromatic N) is 2. The van der Waals surface area contributed by atoms with Crippen molar-refractivity contribution in [2.75, 3.05) is 14.2 Å². The van der Waals surface area contributed by atoms with Crippen LogP contribution in [0.5, 0.6) is 11.5 Å². The molecule has 0 bridgehead atoms. The fourth-order valence-corrected chi connectivity index (χ4v) is 1.58. The van der Waals surface area contributed by atoms with Crippen molar-refractivity contribution in [3.8, 4) is 22.9 Å². The van der Waals surface area contributed by atoms with Crippen LogP contribution in [0.15, 0.2) is 22.7 Å². The Morgan fingerprint density at radius 2 is 1.94 bits per heavy atom. The highest BCUT2D eigenvalue weighted by atomic mass is 35.5. The number of ether oxygens (including phenoxy) is 2. The maximum atomic E-state index is 5.87. The third-order valence-corrected chi connectivity index (χ3v) is 2.61. The molecule has 0 aliphatic rings. The summed E-state index contributed by atoms with van der Waals surface area (Å²) in [6.07, 6.45) is 0. The van der Waals surface area contributed by atoms with Gasteiger partial charge in [-0.25, -0.2) is 0 Å². The molecule has 1 aromatic heterocycles. The van der Waals surface area contributed by atoms with Gasteiger partial charge in [-0.1, -0.05) is 5.16 Å². The monoisotopic (exact) mass is 268 g/mol. The van der Waals surface area contributed by atoms with E-state index in [1.54, 1.807) is 33.3 Å². The summed E-state index contributed by atoms with van der Waals surface area (Å²) in [5.74, 6) is 2.12. The highest BCUT2D eigenvalue weighted by molar-refractivity contribution is 6.20. The number of halogens is 1. The Kier molecular flexibility index (Phi) is 3.72. The molecule has 1 atom stereocenters. The molecule has 1 aromatic carbocycles. The highest BCUT2D eigenvalue weighted by Gasteiger charge is 2.14. The molecule has 1 unspecified atom stereocenters. The molecule has 0 spiro atoms. The Balaban J connectivity index is 2.38. The summed E-state index contributed by atoms with van der Waals surface area (Å²) in [4.78, 5) is 4.20. The fraction of sp³-hybridized carbons (Fsp3) is 0.333. The normalized spacial score (nSPS) is 12.2. The number of benzene rings is 1. The van der Waals surface area contributed by atoms with Gasteiger partial charge in [-0.3, -0.25) is 0 Å². The Morgan fingerprint density at radius 3 is 2.50 bits per heavy atom. The zero-order valence-electron chi connectivity index (χ0n) is 10.3. The lowest BCUT2D eigenvalue weighted by molar-refractivity contribution is 0.355. The molecule has 0 saturated carbocycles. The van der Waals surface area contributed by atoms with E-state index in [1.807, 2.05) is 6.07 Å². The van der Waals surface area contributed by atoms with E-state index < -0.39 is 0 Å². The lowest BCUT2D eigenvalue weighted by atomic mass is 10.2. The van der Waals surface area contributed by atoms with Gasteiger partial charge in [0.05, 0.1) is 14.2 Å². The third kappa shape index (κ3) is 2.41. The first kappa shape index (κ1) is 12.7. The van der Waals surface area contributed by atoms with E-state index in [0.29, 0.717) is 23.2 Å². The van der Waals surface area contributed by atoms with Crippen molar-refractivity contribution in [2.45, 2.75) is 12.3 Å². The Labute approximate surface area is 110 Å². The van der Waals surface area contributed by atoms with E-state index in [0.717, 1.165) is 5.56 Å². The van der Waals surface area contributed by atoms with Crippen molar-refractivity contribution in [3.63, 3.8) is 0 Å². The summed E-state index contributed by atoms with van der Waals surface area (Å²) in [7, 11) is 3.16. The van der Waals surface area contributed by atoms with Gasteiger partial charge in [0.2, 0.25) is 11.7 Å². The zero-order valence-corrected chi connectivity index (χ0v) is 11.1. The van der Waals surface area contributed by atoms with Crippen LogP contribution >= 0.6 is 11.6 Å². The van der Waals surface area contributed by atoms with Crippen LogP contribution in [0.3, 0.4) is 0 Å². The Bertz CT molecular complexity index is 540. The van der Waals surface area contributed by atoms with Crippen LogP contribution in [-0.4, -0.2) is 24.4 Å². The lowest BCUT2D eigenvalue weighted by Crippen LogP contribution is -1.91. The van der Waals surface area contributed by atoms with Gasteiger partial charge in [-0.05, 0) is 25.1 Å². The smallest absolute Gasteiger partial charge is 0.244 e. The average molecular weight is 269 g/mol. The van der Waals surface area contributed by atoms with Crippen LogP contribution in [0.1, 0.15) is 18.2 Å². The predicted octanol–water partition coefficient (Wildman–Crippen LogP) is 3.05. The van der Waals surface area contributed by atoms with Crippen LogP contribution in [0.25, 0.3) is 11.4 Å². The quantitative estimate of drug-likeness (QED) is 0.798. The molecule has 0 amide bonds. The molecule has 0 saturated heterocycles. The Hall–Kier alpha value is -1.75. The van der Waals surface area contributed by atoms with Crippen molar-refractivity contribution >= 4 is 11.6 Å². The minimum absolute atomic E-state index is 0.314. The number of rotatable bonds is 4. The van der Waals surface area contributed by atoms with Crippen LogP contribution < -0.4 is 9.47 Å². The molecule has 5 nitrogen and oxygen atoms in total. The second-order valence-electron chi connectivity index (χ2n) is 3.64. The first-order valence-electron chi connectivity index (χ1n) is 5.35. The summed E-state index contributed by atoms with van der Waals surface area (Å²) in [5.41, 5.74) is 0.778. The zero-order chi connectivity index (χ0) is 13.1. The highest BCUT2D eigenvalue weighted by Crippen LogP contribution is 2.31. The van der Waals surface area contributed by atoms with Gasteiger partial charge in [-0.2, -0.15) is 4.98 Å². The fourth-order valence-electron chi connectivity index (χ4n) is 1.49. The first-order valence-corrected chi connectivity index (χ1v) is 5.79. The van der Waals surface area contributed by atoms with E-state index in [-0.39, 0.29) is 5.38 Å². The van der Waals surface area contributed by atoms with Crippen molar-refractivity contribution in [3.05, 3.63) is 24.1 Å². The van der Waals surface area contributed by atoms with Crippen molar-refractivity contribution in [2.24, 2.45) is 0 Å². The molecule has 1 heterocycles. The van der Waals surface area contributed by atoms with Gasteiger partial charge in [0.15, 0.2) is 11.5 Å². The first-order chi connectivity index (χ1) is 8.65. The minimum Gasteiger partial charge on any atom is -0.493 e. The topological polar surface area (TPSA) is 57.4 Å². The SMILES string of the molecule is COc1ccc(-c2noc(C(C)Cl)n2)cc1OC. The number of hydrogen-bond acceptors (Lipinski definition) is 5. The van der Waals surface area contributed by atoms with Gasteiger partial charge in [0, 0.05) is 5.56 Å². The van der Waals surface area contributed by atoms with Gasteiger partial charge < -0.3 is 14.0 Å². The summed E-state index contributed by atoms with van der Waals surface area (Å²) in [6.45, 7) is 1.77. The second kappa shape index (κ2) is 5.27. The molecular weight excluding hydrogens is 256 g/mol. The number of hydrogen-bond donors (Lipinski definition) is 0. The summed E-state index contributed by atoms with van der Waals surface area (Å²) >= 11 is 5.87. The van der Waals surface area contributed by atoms with Gasteiger partial charge in [0.1, 0.15) is 5.38 Å². The van der Waals surface area contributed by atoms with Crippen LogP contribution in [-0.2, 0) is 0 Å². The predicted molar refractivity (Wildman–Crippen MR) is 67.1 cm³/mol. The molecule has 2 rings (SSSR count). The number of alkyl halides is 1. The van der Waals surface area contributed by atoms with E-state index in [9.17, 15) is 0 Å². The van der Waals surface area contributed by atoms with Gasteiger partial charge in [-0.15, -0.1) is 11.6 Å². The molecule has 0 radical (unpaired) electrons. The van der Waals surface area contributed by atoms with E-state index >= 15 is 0 Å². The van der Waals surface area contributed by atoms with Gasteiger partial charge in [0.25, 0.3) is 0 Å². The maximum absolute atomic E-state index is 5.87. The summed E-state index contributed by atoms with van der Waals surface area (Å²) in [5, 5.41) is 3.56. The molecule has 0 N–H and O–H groups in total. The molecule has 2 aromatic rings. The number of methoxy groups -OCH3 is 2. The maximum Gasteiger partial charge on any atom is 0.244 e. The molecule has 18 heavy (non-hydrogen) atoms. The van der Waals surface area contributed by atoms with E-state index in [4.69, 9.17) is 25.6 Å². The standard InChI is InChI=1S/C12H13ClN2O3/c1-7(13)12-14-11(15-18-12)8-4-5-9(16-2)10(6-8)17-3/h4-7H,1-3H3. The largest absolute Gasteiger partial charge is 0.493 e. The minimum atomic E-state index is -0.314. The second-order valence-corrected chi connectivity index (χ2v) is 4.30. The number of aromatic nitrogens is 2. The van der Waals surface area contributed by atoms with Crippen LogP contribution in [0, 0.1) is 0 Å². The van der Waals surface area contributed by atoms with Crippen molar-refractivity contribution in [1.29, 1.82) is 0 Å². The molecule has 96 valence electrons. The molecule has 0 aliphatic heterocycles. The molecule has 0 fully saturated rings. The molecule has 0 aliphatic carbocycles. The average Bonchev–Trinajstić information content (AvgIpc) is 2.87. The Morgan fingerprint density at radius 1 is 1.22 bits per heavy atom. The van der Waals surface area contributed by atoms with E-state index in [1.165, 1.54) is 0 Å². The summed E-state index contributed by atoms with van der Waals surface area (Å²) < 4.78 is 15.4. The van der Waals surface area contributed by atoms with Crippen molar-refractivity contribution < 1.29 is 14.0 Å². The molecular formula is C12H13ClN2O3. The van der Waals surface area contributed by atoms with E-state index in [2.05, 4.69) is 10.1 Å². The van der Waals surface area contributed by atoms with Crippen molar-refractivity contribution in [1.82, 2.24) is 10.1 Å².